The fraction of sp³-hybridized carbons (Fsp3) is 0.500. The molecule has 1 aliphatic heterocycles. The summed E-state index contributed by atoms with van der Waals surface area (Å²) in [4.78, 5) is 0.0516. The van der Waals surface area contributed by atoms with Gasteiger partial charge in [0.1, 0.15) is 5.82 Å². The Kier molecular flexibility index (Phi) is 2.99. The van der Waals surface area contributed by atoms with Crippen LogP contribution in [0.25, 0.3) is 0 Å². The molecule has 2 unspecified atom stereocenters. The molecule has 0 spiro atoms. The average molecular weight is 334 g/mol. The van der Waals surface area contributed by atoms with Crippen LogP contribution < -0.4 is 0 Å². The molecule has 1 heterocycles. The molecule has 2 atom stereocenters. The van der Waals surface area contributed by atoms with E-state index in [2.05, 4.69) is 15.9 Å². The number of hydrogen-bond donors (Lipinski definition) is 0. The van der Waals surface area contributed by atoms with Crippen molar-refractivity contribution in [3.8, 4) is 0 Å². The van der Waals surface area contributed by atoms with E-state index in [-0.39, 0.29) is 15.4 Å². The highest BCUT2D eigenvalue weighted by atomic mass is 79.9. The number of benzene rings is 1. The highest BCUT2D eigenvalue weighted by molar-refractivity contribution is 9.10. The quantitative estimate of drug-likeness (QED) is 0.834. The Bertz CT molecular complexity index is 590. The third-order valence-electron chi connectivity index (χ3n) is 3.86. The molecule has 1 aromatic carbocycles. The second-order valence-corrected chi connectivity index (χ2v) is 7.73. The molecule has 0 amide bonds. The topological polar surface area (TPSA) is 37.4 Å². The fourth-order valence-electron chi connectivity index (χ4n) is 2.95. The summed E-state index contributed by atoms with van der Waals surface area (Å²) in [7, 11) is -3.54. The lowest BCUT2D eigenvalue weighted by molar-refractivity contribution is 0.333. The summed E-state index contributed by atoms with van der Waals surface area (Å²) in [6.07, 6.45) is 3.01. The van der Waals surface area contributed by atoms with Gasteiger partial charge in [-0.15, -0.1) is 0 Å². The Hall–Kier alpha value is -0.460. The van der Waals surface area contributed by atoms with Crippen molar-refractivity contribution in [1.29, 1.82) is 0 Å². The number of sulfonamides is 1. The minimum Gasteiger partial charge on any atom is -0.207 e. The summed E-state index contributed by atoms with van der Waals surface area (Å²) in [5.74, 6) is -0.0505. The van der Waals surface area contributed by atoms with Crippen LogP contribution in [0.15, 0.2) is 27.6 Å². The second-order valence-electron chi connectivity index (χ2n) is 4.98. The predicted octanol–water partition coefficient (Wildman–Crippen LogP) is 2.76. The summed E-state index contributed by atoms with van der Waals surface area (Å²) in [5, 5.41) is 0. The molecule has 2 fully saturated rings. The van der Waals surface area contributed by atoms with Crippen LogP contribution in [0.4, 0.5) is 4.39 Å². The van der Waals surface area contributed by atoms with E-state index in [9.17, 15) is 12.8 Å². The fourth-order valence-corrected chi connectivity index (χ4v) is 4.95. The number of halogens is 2. The van der Waals surface area contributed by atoms with Crippen molar-refractivity contribution in [2.24, 2.45) is 5.92 Å². The number of fused-ring (bicyclic) bond motifs is 2. The first kappa shape index (κ1) is 12.6. The van der Waals surface area contributed by atoms with Crippen molar-refractivity contribution in [3.05, 3.63) is 28.5 Å². The summed E-state index contributed by atoms with van der Waals surface area (Å²) in [6, 6.07) is 4.10. The van der Waals surface area contributed by atoms with E-state index in [0.29, 0.717) is 12.5 Å². The van der Waals surface area contributed by atoms with Crippen molar-refractivity contribution in [2.45, 2.75) is 30.2 Å². The Morgan fingerprint density at radius 3 is 2.67 bits per heavy atom. The van der Waals surface area contributed by atoms with Gasteiger partial charge in [-0.25, -0.2) is 12.8 Å². The normalized spacial score (nSPS) is 27.9. The van der Waals surface area contributed by atoms with Crippen LogP contribution in [0.2, 0.25) is 0 Å². The molecule has 3 rings (SSSR count). The van der Waals surface area contributed by atoms with Gasteiger partial charge < -0.3 is 0 Å². The SMILES string of the molecule is O=S(=O)(c1ccc(Br)c(F)c1)N1CC2CCC1C2. The van der Waals surface area contributed by atoms with Crippen LogP contribution in [-0.2, 0) is 10.0 Å². The van der Waals surface area contributed by atoms with Crippen LogP contribution in [0, 0.1) is 11.7 Å². The van der Waals surface area contributed by atoms with E-state index in [0.717, 1.165) is 25.3 Å². The van der Waals surface area contributed by atoms with Gasteiger partial charge in [-0.05, 0) is 59.3 Å². The van der Waals surface area contributed by atoms with Crippen LogP contribution in [-0.4, -0.2) is 25.3 Å². The molecule has 2 bridgehead atoms. The summed E-state index contributed by atoms with van der Waals surface area (Å²) in [6.45, 7) is 0.588. The Morgan fingerprint density at radius 2 is 2.11 bits per heavy atom. The number of rotatable bonds is 2. The van der Waals surface area contributed by atoms with E-state index in [1.165, 1.54) is 12.1 Å². The number of nitrogens with zero attached hydrogens (tertiary/aromatic N) is 1. The molecule has 2 aliphatic rings. The Labute approximate surface area is 114 Å². The highest BCUT2D eigenvalue weighted by Crippen LogP contribution is 2.40. The summed E-state index contributed by atoms with van der Waals surface area (Å²) in [5.41, 5.74) is 0. The zero-order chi connectivity index (χ0) is 12.9. The minimum atomic E-state index is -3.54. The van der Waals surface area contributed by atoms with Crippen LogP contribution in [0.3, 0.4) is 0 Å². The van der Waals surface area contributed by atoms with E-state index >= 15 is 0 Å². The van der Waals surface area contributed by atoms with E-state index in [1.807, 2.05) is 0 Å². The van der Waals surface area contributed by atoms with Gasteiger partial charge in [0.2, 0.25) is 10.0 Å². The Morgan fingerprint density at radius 1 is 1.33 bits per heavy atom. The maximum Gasteiger partial charge on any atom is 0.243 e. The smallest absolute Gasteiger partial charge is 0.207 e. The predicted molar refractivity (Wildman–Crippen MR) is 69.1 cm³/mol. The summed E-state index contributed by atoms with van der Waals surface area (Å²) >= 11 is 3.03. The molecule has 1 saturated carbocycles. The molecular formula is C12H13BrFNO2S. The Balaban J connectivity index is 1.97. The van der Waals surface area contributed by atoms with Crippen LogP contribution >= 0.6 is 15.9 Å². The third-order valence-corrected chi connectivity index (χ3v) is 6.41. The van der Waals surface area contributed by atoms with Crippen LogP contribution in [0.1, 0.15) is 19.3 Å². The number of piperidine rings is 1. The van der Waals surface area contributed by atoms with Gasteiger partial charge in [-0.2, -0.15) is 4.31 Å². The van der Waals surface area contributed by atoms with Crippen molar-refractivity contribution in [2.75, 3.05) is 6.54 Å². The third kappa shape index (κ3) is 1.90. The van der Waals surface area contributed by atoms with Gasteiger partial charge in [0.25, 0.3) is 0 Å². The molecule has 6 heteroatoms. The minimum absolute atomic E-state index is 0.0516. The molecule has 0 N–H and O–H groups in total. The van der Waals surface area contributed by atoms with Gasteiger partial charge in [0, 0.05) is 12.6 Å². The van der Waals surface area contributed by atoms with Crippen molar-refractivity contribution < 1.29 is 12.8 Å². The zero-order valence-corrected chi connectivity index (χ0v) is 12.0. The summed E-state index contributed by atoms with van der Waals surface area (Å²) < 4.78 is 40.1. The van der Waals surface area contributed by atoms with Gasteiger partial charge in [-0.1, -0.05) is 0 Å². The molecule has 1 aromatic rings. The van der Waals surface area contributed by atoms with Gasteiger partial charge in [-0.3, -0.25) is 0 Å². The first-order valence-electron chi connectivity index (χ1n) is 5.95. The lowest BCUT2D eigenvalue weighted by Crippen LogP contribution is -2.37. The van der Waals surface area contributed by atoms with Crippen molar-refractivity contribution >= 4 is 26.0 Å². The molecular weight excluding hydrogens is 321 g/mol. The maximum atomic E-state index is 13.5. The van der Waals surface area contributed by atoms with Crippen molar-refractivity contribution in [3.63, 3.8) is 0 Å². The van der Waals surface area contributed by atoms with E-state index in [4.69, 9.17) is 0 Å². The molecule has 3 nitrogen and oxygen atoms in total. The highest BCUT2D eigenvalue weighted by Gasteiger charge is 2.44. The van der Waals surface area contributed by atoms with Gasteiger partial charge in [0.15, 0.2) is 0 Å². The lowest BCUT2D eigenvalue weighted by atomic mass is 10.1. The molecule has 98 valence electrons. The maximum absolute atomic E-state index is 13.5. The average Bonchev–Trinajstić information content (AvgIpc) is 2.94. The molecule has 18 heavy (non-hydrogen) atoms. The van der Waals surface area contributed by atoms with Gasteiger partial charge >= 0.3 is 0 Å². The lowest BCUT2D eigenvalue weighted by Gasteiger charge is -2.26. The largest absolute Gasteiger partial charge is 0.243 e. The first-order valence-corrected chi connectivity index (χ1v) is 8.18. The molecule has 1 aliphatic carbocycles. The standard InChI is InChI=1S/C12H13BrFNO2S/c13-11-4-3-10(6-12(11)14)18(16,17)15-7-8-1-2-9(15)5-8/h3-4,6,8-9H,1-2,5,7H2. The van der Waals surface area contributed by atoms with Gasteiger partial charge in [0.05, 0.1) is 9.37 Å². The number of hydrogen-bond acceptors (Lipinski definition) is 2. The zero-order valence-electron chi connectivity index (χ0n) is 9.64. The monoisotopic (exact) mass is 333 g/mol. The molecule has 0 aromatic heterocycles. The molecule has 1 saturated heterocycles. The van der Waals surface area contributed by atoms with E-state index in [1.54, 1.807) is 4.31 Å². The first-order chi connectivity index (χ1) is 8.48. The van der Waals surface area contributed by atoms with Crippen molar-refractivity contribution in [1.82, 2.24) is 4.31 Å². The molecule has 0 radical (unpaired) electrons. The van der Waals surface area contributed by atoms with Crippen LogP contribution in [0.5, 0.6) is 0 Å². The second kappa shape index (κ2) is 4.28. The van der Waals surface area contributed by atoms with E-state index < -0.39 is 15.8 Å².